The van der Waals surface area contributed by atoms with E-state index in [1.807, 2.05) is 0 Å². The van der Waals surface area contributed by atoms with Crippen molar-refractivity contribution in [3.63, 3.8) is 0 Å². The van der Waals surface area contributed by atoms with E-state index >= 15 is 0 Å². The van der Waals surface area contributed by atoms with Crippen molar-refractivity contribution in [1.82, 2.24) is 4.98 Å². The lowest BCUT2D eigenvalue weighted by molar-refractivity contribution is 0.477. The molecule has 0 saturated heterocycles. The van der Waals surface area contributed by atoms with Gasteiger partial charge >= 0.3 is 0 Å². The maximum Gasteiger partial charge on any atom is 0.180 e. The van der Waals surface area contributed by atoms with Gasteiger partial charge in [-0.05, 0) is 28.8 Å². The molecule has 2 heterocycles. The zero-order valence-corrected chi connectivity index (χ0v) is 8.25. The fraction of sp³-hybridized carbons (Fsp3) is 0.300. The summed E-state index contributed by atoms with van der Waals surface area (Å²) in [5.41, 5.74) is 1.32. The minimum Gasteiger partial charge on any atom is -0.448 e. The zero-order chi connectivity index (χ0) is 9.10. The highest BCUT2D eigenvalue weighted by Crippen LogP contribution is 2.28. The van der Waals surface area contributed by atoms with Crippen molar-refractivity contribution >= 4 is 11.3 Å². The summed E-state index contributed by atoms with van der Waals surface area (Å²) in [6, 6.07) is 2.14. The van der Waals surface area contributed by atoms with E-state index < -0.39 is 0 Å². The highest BCUT2D eigenvalue weighted by Gasteiger charge is 2.15. The first-order valence-corrected chi connectivity index (χ1v) is 5.26. The number of thiophene rings is 1. The summed E-state index contributed by atoms with van der Waals surface area (Å²) in [7, 11) is 0. The minimum absolute atomic E-state index is 0.369. The number of rotatable bonds is 3. The summed E-state index contributed by atoms with van der Waals surface area (Å²) in [4.78, 5) is 3.94. The second kappa shape index (κ2) is 3.75. The molecule has 2 nitrogen and oxygen atoms in total. The van der Waals surface area contributed by atoms with Crippen molar-refractivity contribution in [2.75, 3.05) is 0 Å². The van der Waals surface area contributed by atoms with Crippen LogP contribution in [0.2, 0.25) is 0 Å². The lowest BCUT2D eigenvalue weighted by atomic mass is 9.97. The van der Waals surface area contributed by atoms with E-state index in [1.54, 1.807) is 17.5 Å². The Bertz CT molecular complexity index is 305. The lowest BCUT2D eigenvalue weighted by Gasteiger charge is -2.08. The Labute approximate surface area is 81.2 Å². The highest BCUT2D eigenvalue weighted by molar-refractivity contribution is 7.08. The minimum atomic E-state index is 0.369. The van der Waals surface area contributed by atoms with Gasteiger partial charge in [0, 0.05) is 5.92 Å². The Morgan fingerprint density at radius 1 is 1.62 bits per heavy atom. The zero-order valence-electron chi connectivity index (χ0n) is 7.43. The molecule has 2 aromatic heterocycles. The summed E-state index contributed by atoms with van der Waals surface area (Å²) in [6.07, 6.45) is 4.34. The van der Waals surface area contributed by atoms with Crippen LogP contribution in [0.5, 0.6) is 0 Å². The molecule has 0 spiro atoms. The van der Waals surface area contributed by atoms with Crippen LogP contribution in [-0.4, -0.2) is 4.98 Å². The molecule has 0 aliphatic heterocycles. The van der Waals surface area contributed by atoms with Gasteiger partial charge in [-0.2, -0.15) is 11.3 Å². The number of hydrogen-bond acceptors (Lipinski definition) is 3. The Hall–Kier alpha value is -1.09. The first-order chi connectivity index (χ1) is 6.42. The Kier molecular flexibility index (Phi) is 2.45. The third kappa shape index (κ3) is 1.65. The maximum absolute atomic E-state index is 5.30. The first kappa shape index (κ1) is 8.51. The average molecular weight is 193 g/mol. The molecule has 2 aromatic rings. The van der Waals surface area contributed by atoms with Crippen LogP contribution < -0.4 is 0 Å². The van der Waals surface area contributed by atoms with Gasteiger partial charge in [-0.1, -0.05) is 6.92 Å². The summed E-state index contributed by atoms with van der Waals surface area (Å²) < 4.78 is 5.30. The van der Waals surface area contributed by atoms with Gasteiger partial charge in [0.2, 0.25) is 0 Å². The molecule has 0 radical (unpaired) electrons. The molecule has 0 aliphatic carbocycles. The molecular formula is C10H11NOS. The van der Waals surface area contributed by atoms with Gasteiger partial charge in [0.25, 0.3) is 0 Å². The first-order valence-electron chi connectivity index (χ1n) is 4.32. The maximum atomic E-state index is 5.30. The molecule has 1 atom stereocenters. The van der Waals surface area contributed by atoms with Gasteiger partial charge < -0.3 is 4.42 Å². The van der Waals surface area contributed by atoms with Crippen LogP contribution >= 0.6 is 11.3 Å². The molecule has 0 saturated carbocycles. The van der Waals surface area contributed by atoms with Crippen molar-refractivity contribution in [2.45, 2.75) is 19.3 Å². The topological polar surface area (TPSA) is 26.0 Å². The van der Waals surface area contributed by atoms with E-state index in [0.29, 0.717) is 5.92 Å². The van der Waals surface area contributed by atoms with Gasteiger partial charge in [-0.15, -0.1) is 0 Å². The molecule has 13 heavy (non-hydrogen) atoms. The molecule has 0 bridgehead atoms. The van der Waals surface area contributed by atoms with Crippen molar-refractivity contribution in [2.24, 2.45) is 0 Å². The van der Waals surface area contributed by atoms with Crippen LogP contribution in [0.1, 0.15) is 30.6 Å². The average Bonchev–Trinajstić information content (AvgIpc) is 2.76. The largest absolute Gasteiger partial charge is 0.448 e. The number of oxazole rings is 1. The van der Waals surface area contributed by atoms with E-state index in [-0.39, 0.29) is 0 Å². The second-order valence-corrected chi connectivity index (χ2v) is 3.70. The van der Waals surface area contributed by atoms with Crippen LogP contribution in [-0.2, 0) is 0 Å². The second-order valence-electron chi connectivity index (χ2n) is 2.92. The van der Waals surface area contributed by atoms with E-state index in [0.717, 1.165) is 12.2 Å². The normalized spacial score (nSPS) is 13.0. The lowest BCUT2D eigenvalue weighted by Crippen LogP contribution is -1.95. The Morgan fingerprint density at radius 2 is 2.54 bits per heavy atom. The molecule has 2 rings (SSSR count). The predicted molar refractivity (Wildman–Crippen MR) is 53.0 cm³/mol. The van der Waals surface area contributed by atoms with Crippen LogP contribution in [0.15, 0.2) is 33.8 Å². The van der Waals surface area contributed by atoms with Crippen LogP contribution in [0.4, 0.5) is 0 Å². The number of nitrogens with zero attached hydrogens (tertiary/aromatic N) is 1. The quantitative estimate of drug-likeness (QED) is 0.747. The predicted octanol–water partition coefficient (Wildman–Crippen LogP) is 3.28. The summed E-state index contributed by atoms with van der Waals surface area (Å²) >= 11 is 1.72. The molecule has 0 N–H and O–H groups in total. The summed E-state index contributed by atoms with van der Waals surface area (Å²) in [5, 5.41) is 4.26. The fourth-order valence-corrected chi connectivity index (χ4v) is 2.19. The van der Waals surface area contributed by atoms with Gasteiger partial charge in [-0.25, -0.2) is 4.98 Å². The Balaban J connectivity index is 2.29. The van der Waals surface area contributed by atoms with Crippen molar-refractivity contribution in [3.05, 3.63) is 40.7 Å². The van der Waals surface area contributed by atoms with Gasteiger partial charge in [0.05, 0.1) is 6.20 Å². The van der Waals surface area contributed by atoms with E-state index in [9.17, 15) is 0 Å². The molecular weight excluding hydrogens is 182 g/mol. The molecule has 3 heteroatoms. The van der Waals surface area contributed by atoms with Crippen molar-refractivity contribution in [1.29, 1.82) is 0 Å². The van der Waals surface area contributed by atoms with E-state index in [2.05, 4.69) is 28.7 Å². The molecule has 0 fully saturated rings. The third-order valence-electron chi connectivity index (χ3n) is 2.15. The highest BCUT2D eigenvalue weighted by atomic mass is 32.1. The fourth-order valence-electron chi connectivity index (χ4n) is 1.47. The van der Waals surface area contributed by atoms with E-state index in [4.69, 9.17) is 4.42 Å². The van der Waals surface area contributed by atoms with Gasteiger partial charge in [0.1, 0.15) is 5.76 Å². The molecule has 0 aromatic carbocycles. The van der Waals surface area contributed by atoms with Gasteiger partial charge in [-0.3, -0.25) is 0 Å². The Morgan fingerprint density at radius 3 is 3.08 bits per heavy atom. The third-order valence-corrected chi connectivity index (χ3v) is 2.85. The number of hydrogen-bond donors (Lipinski definition) is 0. The summed E-state index contributed by atoms with van der Waals surface area (Å²) in [6.45, 7) is 2.16. The van der Waals surface area contributed by atoms with Crippen molar-refractivity contribution in [3.8, 4) is 0 Å². The smallest absolute Gasteiger partial charge is 0.180 e. The van der Waals surface area contributed by atoms with E-state index in [1.165, 1.54) is 12.0 Å². The molecule has 0 amide bonds. The molecule has 68 valence electrons. The summed E-state index contributed by atoms with van der Waals surface area (Å²) in [5.74, 6) is 1.33. The monoisotopic (exact) mass is 193 g/mol. The van der Waals surface area contributed by atoms with Crippen LogP contribution in [0.3, 0.4) is 0 Å². The molecule has 0 aliphatic rings. The molecule has 1 unspecified atom stereocenters. The van der Waals surface area contributed by atoms with Crippen molar-refractivity contribution < 1.29 is 4.42 Å². The number of aromatic nitrogens is 1. The van der Waals surface area contributed by atoms with Gasteiger partial charge in [0.15, 0.2) is 6.39 Å². The SMILES string of the molecule is CCC(c1ccsc1)c1cnco1. The van der Waals surface area contributed by atoms with Crippen LogP contribution in [0.25, 0.3) is 0 Å². The van der Waals surface area contributed by atoms with Crippen LogP contribution in [0, 0.1) is 0 Å². The standard InChI is InChI=1S/C10H11NOS/c1-2-9(8-3-4-13-6-8)10-5-11-7-12-10/h3-7,9H,2H2,1H3.